The van der Waals surface area contributed by atoms with Crippen molar-refractivity contribution >= 4 is 11.9 Å². The number of aromatic carboxylic acids is 1. The van der Waals surface area contributed by atoms with E-state index in [2.05, 4.69) is 4.98 Å². The second-order valence-electron chi connectivity index (χ2n) is 2.39. The minimum atomic E-state index is -1.21. The molecule has 0 fully saturated rings. The highest BCUT2D eigenvalue weighted by Crippen LogP contribution is 2.05. The van der Waals surface area contributed by atoms with E-state index in [1.165, 1.54) is 18.3 Å². The molecule has 0 bridgehead atoms. The molecule has 1 heterocycles. The van der Waals surface area contributed by atoms with E-state index in [4.69, 9.17) is 10.2 Å². The highest BCUT2D eigenvalue weighted by Gasteiger charge is 2.12. The molecule has 0 saturated heterocycles. The number of nitrogens with zero attached hydrogens (tertiary/aromatic N) is 1. The summed E-state index contributed by atoms with van der Waals surface area (Å²) in [5.41, 5.74) is 0.00685. The van der Waals surface area contributed by atoms with Gasteiger partial charge in [0, 0.05) is 6.20 Å². The first-order chi connectivity index (χ1) is 6.11. The number of pyridine rings is 1. The van der Waals surface area contributed by atoms with Crippen LogP contribution in [0.25, 0.3) is 0 Å². The van der Waals surface area contributed by atoms with Crippen molar-refractivity contribution in [2.24, 2.45) is 0 Å². The normalized spacial score (nSPS) is 9.54. The van der Waals surface area contributed by atoms with Gasteiger partial charge < -0.3 is 10.2 Å². The van der Waals surface area contributed by atoms with E-state index in [1.807, 2.05) is 0 Å². The van der Waals surface area contributed by atoms with E-state index in [-0.39, 0.29) is 17.7 Å². The molecule has 0 amide bonds. The van der Waals surface area contributed by atoms with Crippen molar-refractivity contribution in [3.05, 3.63) is 29.6 Å². The SMILES string of the molecule is O=C(O)Cc1cccnc1C(=O)O. The van der Waals surface area contributed by atoms with Crippen molar-refractivity contribution in [2.45, 2.75) is 6.42 Å². The third kappa shape index (κ3) is 2.26. The zero-order valence-electron chi connectivity index (χ0n) is 6.60. The fourth-order valence-corrected chi connectivity index (χ4v) is 0.937. The number of carbonyl (C=O) groups is 2. The molecule has 1 rings (SSSR count). The smallest absolute Gasteiger partial charge is 0.354 e. The van der Waals surface area contributed by atoms with Crippen molar-refractivity contribution in [3.63, 3.8) is 0 Å². The minimum absolute atomic E-state index is 0.204. The van der Waals surface area contributed by atoms with Crippen LogP contribution in [0.3, 0.4) is 0 Å². The largest absolute Gasteiger partial charge is 0.481 e. The molecule has 0 radical (unpaired) electrons. The Kier molecular flexibility index (Phi) is 2.59. The van der Waals surface area contributed by atoms with E-state index in [1.54, 1.807) is 0 Å². The van der Waals surface area contributed by atoms with E-state index >= 15 is 0 Å². The molecule has 0 spiro atoms. The summed E-state index contributed by atoms with van der Waals surface area (Å²) in [4.78, 5) is 24.4. The first kappa shape index (κ1) is 9.18. The summed E-state index contributed by atoms with van der Waals surface area (Å²) in [6.07, 6.45) is 0.990. The lowest BCUT2D eigenvalue weighted by atomic mass is 10.1. The molecule has 0 aliphatic rings. The van der Waals surface area contributed by atoms with Gasteiger partial charge in [-0.15, -0.1) is 0 Å². The molecule has 0 aromatic carbocycles. The maximum atomic E-state index is 10.5. The van der Waals surface area contributed by atoms with Gasteiger partial charge in [0.2, 0.25) is 0 Å². The Labute approximate surface area is 73.7 Å². The second kappa shape index (κ2) is 3.66. The van der Waals surface area contributed by atoms with Gasteiger partial charge in [-0.2, -0.15) is 0 Å². The molecule has 0 aliphatic heterocycles. The average Bonchev–Trinajstić information content (AvgIpc) is 2.03. The molecule has 0 unspecified atom stereocenters. The molecule has 5 heteroatoms. The lowest BCUT2D eigenvalue weighted by molar-refractivity contribution is -0.136. The molecule has 2 N–H and O–H groups in total. The Morgan fingerprint density at radius 3 is 2.62 bits per heavy atom. The van der Waals surface area contributed by atoms with Crippen LogP contribution in [0.5, 0.6) is 0 Å². The maximum absolute atomic E-state index is 10.5. The van der Waals surface area contributed by atoms with Gasteiger partial charge in [-0.25, -0.2) is 9.78 Å². The first-order valence-electron chi connectivity index (χ1n) is 3.50. The second-order valence-corrected chi connectivity index (χ2v) is 2.39. The number of hydrogen-bond acceptors (Lipinski definition) is 3. The maximum Gasteiger partial charge on any atom is 0.354 e. The van der Waals surface area contributed by atoms with Crippen molar-refractivity contribution in [1.29, 1.82) is 0 Å². The van der Waals surface area contributed by atoms with Gasteiger partial charge in [-0.1, -0.05) is 6.07 Å². The Bertz CT molecular complexity index is 348. The van der Waals surface area contributed by atoms with Gasteiger partial charge in [-0.05, 0) is 11.6 Å². The quantitative estimate of drug-likeness (QED) is 0.704. The molecule has 1 aromatic heterocycles. The van der Waals surface area contributed by atoms with Gasteiger partial charge in [0.05, 0.1) is 6.42 Å². The van der Waals surface area contributed by atoms with Crippen LogP contribution >= 0.6 is 0 Å². The average molecular weight is 181 g/mol. The van der Waals surface area contributed by atoms with Crippen molar-refractivity contribution < 1.29 is 19.8 Å². The topological polar surface area (TPSA) is 87.5 Å². The number of carboxylic acids is 2. The van der Waals surface area contributed by atoms with Crippen molar-refractivity contribution in [2.75, 3.05) is 0 Å². The highest BCUT2D eigenvalue weighted by molar-refractivity contribution is 5.88. The summed E-state index contributed by atoms with van der Waals surface area (Å²) >= 11 is 0. The first-order valence-corrected chi connectivity index (χ1v) is 3.50. The van der Waals surface area contributed by atoms with Gasteiger partial charge in [0.25, 0.3) is 0 Å². The molecule has 13 heavy (non-hydrogen) atoms. The lowest BCUT2D eigenvalue weighted by Crippen LogP contribution is -2.09. The monoisotopic (exact) mass is 181 g/mol. The predicted molar refractivity (Wildman–Crippen MR) is 42.5 cm³/mol. The number of hydrogen-bond donors (Lipinski definition) is 2. The molecule has 68 valence electrons. The van der Waals surface area contributed by atoms with Crippen molar-refractivity contribution in [3.8, 4) is 0 Å². The summed E-state index contributed by atoms with van der Waals surface area (Å²) in [6.45, 7) is 0. The van der Waals surface area contributed by atoms with Gasteiger partial charge in [0.15, 0.2) is 5.69 Å². The van der Waals surface area contributed by atoms with Gasteiger partial charge in [-0.3, -0.25) is 4.79 Å². The Morgan fingerprint density at radius 2 is 2.08 bits per heavy atom. The van der Waals surface area contributed by atoms with E-state index in [9.17, 15) is 9.59 Å². The Hall–Kier alpha value is -1.91. The van der Waals surface area contributed by atoms with Crippen LogP contribution in [0.15, 0.2) is 18.3 Å². The zero-order chi connectivity index (χ0) is 9.84. The number of carboxylic acid groups (broad SMARTS) is 2. The van der Waals surface area contributed by atoms with Crippen LogP contribution < -0.4 is 0 Å². The number of rotatable bonds is 3. The fraction of sp³-hybridized carbons (Fsp3) is 0.125. The predicted octanol–water partition coefficient (Wildman–Crippen LogP) is 0.407. The molecule has 0 atom stereocenters. The van der Waals surface area contributed by atoms with Crippen LogP contribution in [0.2, 0.25) is 0 Å². The number of aliphatic carboxylic acids is 1. The third-order valence-corrected chi connectivity index (χ3v) is 1.44. The Balaban J connectivity index is 3.04. The van der Waals surface area contributed by atoms with Crippen LogP contribution in [-0.4, -0.2) is 27.1 Å². The summed E-state index contributed by atoms with van der Waals surface area (Å²) in [5.74, 6) is -2.28. The summed E-state index contributed by atoms with van der Waals surface area (Å²) in [7, 11) is 0. The van der Waals surface area contributed by atoms with Crippen molar-refractivity contribution in [1.82, 2.24) is 4.98 Å². The Morgan fingerprint density at radius 1 is 1.38 bits per heavy atom. The summed E-state index contributed by atoms with van der Waals surface area (Å²) in [6, 6.07) is 2.94. The van der Waals surface area contributed by atoms with E-state index < -0.39 is 11.9 Å². The van der Waals surface area contributed by atoms with Gasteiger partial charge >= 0.3 is 11.9 Å². The zero-order valence-corrected chi connectivity index (χ0v) is 6.60. The highest BCUT2D eigenvalue weighted by atomic mass is 16.4. The summed E-state index contributed by atoms with van der Waals surface area (Å²) < 4.78 is 0. The molecular formula is C8H7NO4. The molecule has 0 saturated carbocycles. The molecular weight excluding hydrogens is 174 g/mol. The van der Waals surface area contributed by atoms with E-state index in [0.29, 0.717) is 0 Å². The van der Waals surface area contributed by atoms with Crippen LogP contribution in [0, 0.1) is 0 Å². The lowest BCUT2D eigenvalue weighted by Gasteiger charge is -2.00. The van der Waals surface area contributed by atoms with Crippen LogP contribution in [-0.2, 0) is 11.2 Å². The van der Waals surface area contributed by atoms with E-state index in [0.717, 1.165) is 0 Å². The molecule has 5 nitrogen and oxygen atoms in total. The summed E-state index contributed by atoms with van der Waals surface area (Å²) in [5, 5.41) is 17.1. The third-order valence-electron chi connectivity index (χ3n) is 1.44. The molecule has 1 aromatic rings. The standard InChI is InChI=1S/C8H7NO4/c10-6(11)4-5-2-1-3-9-7(5)8(12)13/h1-3H,4H2,(H,10,11)(H,12,13). The molecule has 0 aliphatic carbocycles. The number of aromatic nitrogens is 1. The fourth-order valence-electron chi connectivity index (χ4n) is 0.937. The minimum Gasteiger partial charge on any atom is -0.481 e. The van der Waals surface area contributed by atoms with Crippen LogP contribution in [0.4, 0.5) is 0 Å². The van der Waals surface area contributed by atoms with Gasteiger partial charge in [0.1, 0.15) is 0 Å². The van der Waals surface area contributed by atoms with Crippen LogP contribution in [0.1, 0.15) is 16.1 Å².